The first-order chi connectivity index (χ1) is 16.4. The van der Waals surface area contributed by atoms with E-state index in [1.807, 2.05) is 36.4 Å². The first-order valence-electron chi connectivity index (χ1n) is 11.6. The van der Waals surface area contributed by atoms with Crippen molar-refractivity contribution < 1.29 is 15.0 Å². The van der Waals surface area contributed by atoms with Crippen molar-refractivity contribution in [2.75, 3.05) is 0 Å². The van der Waals surface area contributed by atoms with Crippen LogP contribution in [0.4, 0.5) is 0 Å². The Labute approximate surface area is 210 Å². The molecule has 4 rings (SSSR count). The van der Waals surface area contributed by atoms with Gasteiger partial charge >= 0.3 is 5.97 Å². The molecule has 6 nitrogen and oxygen atoms in total. The third kappa shape index (κ3) is 5.85. The molecule has 1 aromatic heterocycles. The summed E-state index contributed by atoms with van der Waals surface area (Å²) in [4.78, 5) is 15.1. The molecule has 1 heterocycles. The maximum Gasteiger partial charge on any atom is 0.307 e. The summed E-state index contributed by atoms with van der Waals surface area (Å²) < 4.78 is 0. The summed E-state index contributed by atoms with van der Waals surface area (Å²) in [6, 6.07) is 19.4. The molecule has 0 fully saturated rings. The van der Waals surface area contributed by atoms with Crippen LogP contribution in [-0.4, -0.2) is 31.2 Å². The van der Waals surface area contributed by atoms with Crippen molar-refractivity contribution in [1.29, 1.82) is 0 Å². The molecule has 0 amide bonds. The highest BCUT2D eigenvalue weighted by Crippen LogP contribution is 2.43. The number of aliphatic carboxylic acids is 1. The van der Waals surface area contributed by atoms with Gasteiger partial charge in [0.25, 0.3) is 0 Å². The lowest BCUT2D eigenvalue weighted by Gasteiger charge is -2.34. The topological polar surface area (TPSA) is 88.2 Å². The highest BCUT2D eigenvalue weighted by atomic mass is 32.2. The lowest BCUT2D eigenvalue weighted by Crippen LogP contribution is -2.25. The van der Waals surface area contributed by atoms with Crippen molar-refractivity contribution in [3.63, 3.8) is 0 Å². The second-order valence-electron chi connectivity index (χ2n) is 10.8. The van der Waals surface area contributed by atoms with Crippen molar-refractivity contribution in [1.82, 2.24) is 15.0 Å². The van der Waals surface area contributed by atoms with Crippen LogP contribution < -0.4 is 0 Å². The SMILES string of the molecule is CC(C)(C)CC(C)(C)c1cc(CC(=O)O)cc(-n2nc3ccc(Sc4ccccc4)cc3n2)c1O. The highest BCUT2D eigenvalue weighted by molar-refractivity contribution is 7.99. The van der Waals surface area contributed by atoms with E-state index in [9.17, 15) is 15.0 Å². The Bertz CT molecular complexity index is 1370. The van der Waals surface area contributed by atoms with E-state index in [1.165, 1.54) is 4.80 Å². The average Bonchev–Trinajstić information content (AvgIpc) is 3.16. The molecular weight excluding hydrogens is 458 g/mol. The van der Waals surface area contributed by atoms with Gasteiger partial charge < -0.3 is 10.2 Å². The number of fused-ring (bicyclic) bond motifs is 1. The van der Waals surface area contributed by atoms with Crippen LogP contribution in [0.25, 0.3) is 16.7 Å². The second kappa shape index (κ2) is 9.38. The molecule has 0 bridgehead atoms. The van der Waals surface area contributed by atoms with Gasteiger partial charge in [-0.25, -0.2) is 0 Å². The molecule has 0 aliphatic carbocycles. The number of aromatic nitrogens is 3. The van der Waals surface area contributed by atoms with Gasteiger partial charge in [0.1, 0.15) is 22.5 Å². The maximum absolute atomic E-state index is 11.5. The number of carboxylic acid groups (broad SMARTS) is 1. The van der Waals surface area contributed by atoms with Crippen LogP contribution in [0.1, 0.15) is 52.2 Å². The minimum Gasteiger partial charge on any atom is -0.505 e. The number of benzene rings is 3. The predicted molar refractivity (Wildman–Crippen MR) is 140 cm³/mol. The molecule has 0 aliphatic heterocycles. The summed E-state index contributed by atoms with van der Waals surface area (Å²) in [7, 11) is 0. The predicted octanol–water partition coefficient (Wildman–Crippen LogP) is 6.62. The van der Waals surface area contributed by atoms with Crippen LogP contribution in [0.15, 0.2) is 70.5 Å². The number of phenolic OH excluding ortho intramolecular Hbond substituents is 1. The molecule has 182 valence electrons. The standard InChI is InChI=1S/C28H31N3O3S/c1-27(2,3)17-28(4,5)21-13-18(15-25(32)33)14-24(26(21)34)31-29-22-12-11-20(16-23(22)30-31)35-19-9-7-6-8-10-19/h6-14,16,34H,15,17H2,1-5H3,(H,32,33). The van der Waals surface area contributed by atoms with Crippen LogP contribution >= 0.6 is 11.8 Å². The van der Waals surface area contributed by atoms with Crippen LogP contribution in [0.2, 0.25) is 0 Å². The van der Waals surface area contributed by atoms with Gasteiger partial charge in [-0.1, -0.05) is 70.6 Å². The van der Waals surface area contributed by atoms with Gasteiger partial charge in [0.2, 0.25) is 0 Å². The van der Waals surface area contributed by atoms with Gasteiger partial charge in [-0.05, 0) is 59.2 Å². The number of hydrogen-bond acceptors (Lipinski definition) is 5. The number of phenols is 1. The fraction of sp³-hybridized carbons (Fsp3) is 0.321. The number of nitrogens with zero attached hydrogens (tertiary/aromatic N) is 3. The summed E-state index contributed by atoms with van der Waals surface area (Å²) in [6.45, 7) is 10.6. The second-order valence-corrected chi connectivity index (χ2v) is 11.9. The first-order valence-corrected chi connectivity index (χ1v) is 12.4. The van der Waals surface area contributed by atoms with Crippen molar-refractivity contribution in [2.24, 2.45) is 5.41 Å². The Balaban J connectivity index is 1.78. The van der Waals surface area contributed by atoms with E-state index in [4.69, 9.17) is 0 Å². The van der Waals surface area contributed by atoms with Gasteiger partial charge in [0.15, 0.2) is 0 Å². The zero-order valence-corrected chi connectivity index (χ0v) is 21.6. The molecular formula is C28H31N3O3S. The molecule has 4 aromatic rings. The third-order valence-electron chi connectivity index (χ3n) is 5.75. The van der Waals surface area contributed by atoms with Crippen molar-refractivity contribution in [2.45, 2.75) is 62.7 Å². The number of aromatic hydroxyl groups is 1. The summed E-state index contributed by atoms with van der Waals surface area (Å²) in [5, 5.41) is 30.0. The quantitative estimate of drug-likeness (QED) is 0.303. The summed E-state index contributed by atoms with van der Waals surface area (Å²) >= 11 is 1.64. The fourth-order valence-electron chi connectivity index (χ4n) is 4.73. The number of rotatable bonds is 7. The lowest BCUT2D eigenvalue weighted by atomic mass is 9.71. The van der Waals surface area contributed by atoms with E-state index < -0.39 is 11.4 Å². The molecule has 35 heavy (non-hydrogen) atoms. The van der Waals surface area contributed by atoms with Gasteiger partial charge in [-0.15, -0.1) is 15.0 Å². The molecule has 7 heteroatoms. The van der Waals surface area contributed by atoms with E-state index in [1.54, 1.807) is 23.9 Å². The molecule has 0 atom stereocenters. The highest BCUT2D eigenvalue weighted by Gasteiger charge is 2.31. The molecule has 0 unspecified atom stereocenters. The molecule has 0 spiro atoms. The molecule has 2 N–H and O–H groups in total. The maximum atomic E-state index is 11.5. The number of carbonyl (C=O) groups is 1. The Morgan fingerprint density at radius 1 is 0.914 bits per heavy atom. The first kappa shape index (κ1) is 24.8. The van der Waals surface area contributed by atoms with Crippen LogP contribution in [0, 0.1) is 5.41 Å². The third-order valence-corrected chi connectivity index (χ3v) is 6.75. The number of carboxylic acids is 1. The van der Waals surface area contributed by atoms with E-state index in [-0.39, 0.29) is 17.6 Å². The van der Waals surface area contributed by atoms with Crippen LogP contribution in [0.5, 0.6) is 5.75 Å². The van der Waals surface area contributed by atoms with Gasteiger partial charge in [-0.2, -0.15) is 0 Å². The van der Waals surface area contributed by atoms with Crippen molar-refractivity contribution >= 4 is 28.8 Å². The Kier molecular flexibility index (Phi) is 6.64. The van der Waals surface area contributed by atoms with Crippen LogP contribution in [-0.2, 0) is 16.6 Å². The van der Waals surface area contributed by atoms with E-state index in [2.05, 4.69) is 56.9 Å². The molecule has 0 saturated heterocycles. The van der Waals surface area contributed by atoms with E-state index in [0.29, 0.717) is 27.8 Å². The Morgan fingerprint density at radius 2 is 1.60 bits per heavy atom. The summed E-state index contributed by atoms with van der Waals surface area (Å²) in [6.07, 6.45) is 0.655. The minimum atomic E-state index is -0.928. The summed E-state index contributed by atoms with van der Waals surface area (Å²) in [5.74, 6) is -0.852. The number of hydrogen-bond donors (Lipinski definition) is 2. The Morgan fingerprint density at radius 3 is 2.26 bits per heavy atom. The average molecular weight is 490 g/mol. The monoisotopic (exact) mass is 489 g/mol. The zero-order chi connectivity index (χ0) is 25.4. The molecule has 0 radical (unpaired) electrons. The molecule has 0 saturated carbocycles. The summed E-state index contributed by atoms with van der Waals surface area (Å²) in [5.41, 5.74) is 2.70. The zero-order valence-electron chi connectivity index (χ0n) is 20.7. The van der Waals surface area contributed by atoms with Gasteiger partial charge in [0, 0.05) is 15.4 Å². The van der Waals surface area contributed by atoms with Crippen LogP contribution in [0.3, 0.4) is 0 Å². The lowest BCUT2D eigenvalue weighted by molar-refractivity contribution is -0.136. The van der Waals surface area contributed by atoms with E-state index in [0.717, 1.165) is 16.2 Å². The minimum absolute atomic E-state index is 0.0182. The molecule has 0 aliphatic rings. The van der Waals surface area contributed by atoms with Crippen molar-refractivity contribution in [3.05, 3.63) is 71.8 Å². The smallest absolute Gasteiger partial charge is 0.307 e. The largest absolute Gasteiger partial charge is 0.505 e. The van der Waals surface area contributed by atoms with Crippen molar-refractivity contribution in [3.8, 4) is 11.4 Å². The fourth-order valence-corrected chi connectivity index (χ4v) is 5.61. The molecule has 3 aromatic carbocycles. The normalized spacial score (nSPS) is 12.3. The van der Waals surface area contributed by atoms with Gasteiger partial charge in [-0.3, -0.25) is 4.79 Å². The van der Waals surface area contributed by atoms with Gasteiger partial charge in [0.05, 0.1) is 6.42 Å². The van der Waals surface area contributed by atoms with E-state index >= 15 is 0 Å². The Hall–Kier alpha value is -3.32.